The van der Waals surface area contributed by atoms with Crippen molar-refractivity contribution in [2.45, 2.75) is 37.7 Å². The van der Waals surface area contributed by atoms with E-state index in [9.17, 15) is 22.8 Å². The quantitative estimate of drug-likeness (QED) is 0.513. The van der Waals surface area contributed by atoms with Crippen LogP contribution in [0.15, 0.2) is 18.2 Å². The number of hydrogen-bond donors (Lipinski definition) is 0. The molecule has 0 aliphatic heterocycles. The molecule has 4 nitrogen and oxygen atoms in total. The van der Waals surface area contributed by atoms with Crippen LogP contribution in [0.5, 0.6) is 0 Å². The lowest BCUT2D eigenvalue weighted by atomic mass is 9.90. The van der Waals surface area contributed by atoms with Gasteiger partial charge in [-0.25, -0.2) is 4.79 Å². The van der Waals surface area contributed by atoms with Crippen LogP contribution in [-0.4, -0.2) is 25.2 Å². The van der Waals surface area contributed by atoms with E-state index in [1.807, 2.05) is 0 Å². The number of ether oxygens (including phenoxy) is 2. The van der Waals surface area contributed by atoms with Crippen LogP contribution in [0.3, 0.4) is 0 Å². The lowest BCUT2D eigenvalue weighted by Gasteiger charge is -2.26. The van der Waals surface area contributed by atoms with Gasteiger partial charge in [0.25, 0.3) is 0 Å². The molecule has 1 rings (SSSR count). The molecule has 0 saturated carbocycles. The minimum Gasteiger partial charge on any atom is -0.465 e. The summed E-state index contributed by atoms with van der Waals surface area (Å²) >= 11 is 3.24. The standard InChI is InChI=1S/C16H18BrF3O4/c1-4-15(17,14(22)24-6-3)12-8-7-10(16(18,19)20)9-11(12)13(21)23-5-2/h7-9H,4-6H2,1-3H3. The van der Waals surface area contributed by atoms with E-state index in [1.54, 1.807) is 13.8 Å². The molecule has 134 valence electrons. The van der Waals surface area contributed by atoms with Crippen molar-refractivity contribution in [2.24, 2.45) is 0 Å². The average molecular weight is 411 g/mol. The van der Waals surface area contributed by atoms with Crippen LogP contribution in [0.2, 0.25) is 0 Å². The number of rotatable bonds is 6. The van der Waals surface area contributed by atoms with E-state index in [4.69, 9.17) is 9.47 Å². The number of alkyl halides is 4. The molecular weight excluding hydrogens is 393 g/mol. The monoisotopic (exact) mass is 410 g/mol. The summed E-state index contributed by atoms with van der Waals surface area (Å²) in [6.07, 6.45) is -4.45. The van der Waals surface area contributed by atoms with Gasteiger partial charge in [0.05, 0.1) is 24.3 Å². The fourth-order valence-electron chi connectivity index (χ4n) is 2.13. The number of hydrogen-bond acceptors (Lipinski definition) is 4. The second-order valence-corrected chi connectivity index (χ2v) is 6.21. The Labute approximate surface area is 146 Å². The third-order valence-corrected chi connectivity index (χ3v) is 4.67. The Bertz CT molecular complexity index is 616. The van der Waals surface area contributed by atoms with Crippen molar-refractivity contribution >= 4 is 27.9 Å². The molecule has 0 heterocycles. The SMILES string of the molecule is CCOC(=O)c1cc(C(F)(F)F)ccc1C(Br)(CC)C(=O)OCC. The van der Waals surface area contributed by atoms with E-state index in [0.717, 1.165) is 12.1 Å². The molecule has 0 saturated heterocycles. The molecule has 0 amide bonds. The number of benzene rings is 1. The summed E-state index contributed by atoms with van der Waals surface area (Å²) in [5.74, 6) is -1.61. The van der Waals surface area contributed by atoms with E-state index in [0.29, 0.717) is 6.07 Å². The molecule has 0 aliphatic carbocycles. The van der Waals surface area contributed by atoms with Gasteiger partial charge in [0.1, 0.15) is 4.32 Å². The maximum atomic E-state index is 13.0. The zero-order chi connectivity index (χ0) is 18.5. The Kier molecular flexibility index (Phi) is 6.83. The maximum Gasteiger partial charge on any atom is 0.416 e. The highest BCUT2D eigenvalue weighted by Crippen LogP contribution is 2.40. The topological polar surface area (TPSA) is 52.6 Å². The van der Waals surface area contributed by atoms with E-state index >= 15 is 0 Å². The lowest BCUT2D eigenvalue weighted by molar-refractivity contribution is -0.146. The number of carbonyl (C=O) groups is 2. The smallest absolute Gasteiger partial charge is 0.416 e. The van der Waals surface area contributed by atoms with E-state index in [2.05, 4.69) is 15.9 Å². The predicted molar refractivity (Wildman–Crippen MR) is 84.9 cm³/mol. The van der Waals surface area contributed by atoms with Crippen molar-refractivity contribution in [3.05, 3.63) is 34.9 Å². The van der Waals surface area contributed by atoms with Gasteiger partial charge < -0.3 is 9.47 Å². The van der Waals surface area contributed by atoms with Crippen molar-refractivity contribution in [3.8, 4) is 0 Å². The van der Waals surface area contributed by atoms with Crippen LogP contribution >= 0.6 is 15.9 Å². The third kappa shape index (κ3) is 4.28. The Morgan fingerprint density at radius 1 is 1.08 bits per heavy atom. The second kappa shape index (κ2) is 8.00. The number of halogens is 4. The Balaban J connectivity index is 3.55. The molecule has 1 atom stereocenters. The predicted octanol–water partition coefficient (Wildman–Crippen LogP) is 4.45. The first-order chi connectivity index (χ1) is 11.1. The second-order valence-electron chi connectivity index (χ2n) is 4.85. The number of esters is 2. The van der Waals surface area contributed by atoms with Gasteiger partial charge in [-0.2, -0.15) is 13.2 Å². The zero-order valence-corrected chi connectivity index (χ0v) is 15.1. The molecule has 0 aliphatic rings. The van der Waals surface area contributed by atoms with E-state index in [-0.39, 0.29) is 30.8 Å². The van der Waals surface area contributed by atoms with Crippen LogP contribution in [-0.2, 0) is 24.8 Å². The average Bonchev–Trinajstić information content (AvgIpc) is 2.53. The lowest BCUT2D eigenvalue weighted by Crippen LogP contribution is -2.33. The van der Waals surface area contributed by atoms with Crippen molar-refractivity contribution < 1.29 is 32.2 Å². The minimum atomic E-state index is -4.62. The summed E-state index contributed by atoms with van der Waals surface area (Å²) in [6.45, 7) is 4.90. The molecule has 0 radical (unpaired) electrons. The Morgan fingerprint density at radius 2 is 1.67 bits per heavy atom. The van der Waals surface area contributed by atoms with E-state index in [1.165, 1.54) is 6.92 Å². The molecular formula is C16H18BrF3O4. The van der Waals surface area contributed by atoms with Gasteiger partial charge in [-0.1, -0.05) is 28.9 Å². The highest BCUT2D eigenvalue weighted by atomic mass is 79.9. The van der Waals surface area contributed by atoms with Gasteiger partial charge in [0.2, 0.25) is 0 Å². The zero-order valence-electron chi connectivity index (χ0n) is 13.5. The molecule has 1 aromatic carbocycles. The van der Waals surface area contributed by atoms with Crippen LogP contribution in [0.4, 0.5) is 13.2 Å². The molecule has 8 heteroatoms. The van der Waals surface area contributed by atoms with Crippen LogP contribution < -0.4 is 0 Å². The first-order valence-corrected chi connectivity index (χ1v) is 8.16. The van der Waals surface area contributed by atoms with Gasteiger partial charge in [-0.3, -0.25) is 4.79 Å². The summed E-state index contributed by atoms with van der Waals surface area (Å²) in [4.78, 5) is 24.4. The first kappa shape index (κ1) is 20.5. The fourth-order valence-corrected chi connectivity index (χ4v) is 2.59. The summed E-state index contributed by atoms with van der Waals surface area (Å²) in [5.41, 5.74) is -1.24. The van der Waals surface area contributed by atoms with E-state index < -0.39 is 28.0 Å². The van der Waals surface area contributed by atoms with Crippen molar-refractivity contribution in [3.63, 3.8) is 0 Å². The molecule has 1 aromatic rings. The Morgan fingerprint density at radius 3 is 2.12 bits per heavy atom. The molecule has 24 heavy (non-hydrogen) atoms. The molecule has 0 N–H and O–H groups in total. The molecule has 0 fully saturated rings. The highest BCUT2D eigenvalue weighted by molar-refractivity contribution is 9.10. The Hall–Kier alpha value is -1.57. The van der Waals surface area contributed by atoms with Crippen LogP contribution in [0.25, 0.3) is 0 Å². The highest BCUT2D eigenvalue weighted by Gasteiger charge is 2.42. The van der Waals surface area contributed by atoms with Crippen molar-refractivity contribution in [2.75, 3.05) is 13.2 Å². The minimum absolute atomic E-state index is 0.00463. The van der Waals surface area contributed by atoms with Crippen molar-refractivity contribution in [1.29, 1.82) is 0 Å². The number of carbonyl (C=O) groups excluding carboxylic acids is 2. The summed E-state index contributed by atoms with van der Waals surface area (Å²) in [7, 11) is 0. The first-order valence-electron chi connectivity index (χ1n) is 7.36. The van der Waals surface area contributed by atoms with Gasteiger partial charge in [-0.05, 0) is 38.0 Å². The van der Waals surface area contributed by atoms with Crippen LogP contribution in [0.1, 0.15) is 48.7 Å². The summed E-state index contributed by atoms with van der Waals surface area (Å²) in [6, 6.07) is 2.62. The van der Waals surface area contributed by atoms with Gasteiger partial charge in [0.15, 0.2) is 0 Å². The van der Waals surface area contributed by atoms with Gasteiger partial charge in [0, 0.05) is 0 Å². The van der Waals surface area contributed by atoms with Crippen molar-refractivity contribution in [1.82, 2.24) is 0 Å². The van der Waals surface area contributed by atoms with Crippen LogP contribution in [0, 0.1) is 0 Å². The summed E-state index contributed by atoms with van der Waals surface area (Å²) < 4.78 is 47.2. The fraction of sp³-hybridized carbons (Fsp3) is 0.500. The largest absolute Gasteiger partial charge is 0.465 e. The molecule has 0 aromatic heterocycles. The maximum absolute atomic E-state index is 13.0. The van der Waals surface area contributed by atoms with Gasteiger partial charge >= 0.3 is 18.1 Å². The molecule has 0 spiro atoms. The van der Waals surface area contributed by atoms with Gasteiger partial charge in [-0.15, -0.1) is 0 Å². The third-order valence-electron chi connectivity index (χ3n) is 3.36. The molecule has 1 unspecified atom stereocenters. The summed E-state index contributed by atoms with van der Waals surface area (Å²) in [5, 5.41) is 0. The molecule has 0 bridgehead atoms. The normalized spacial score (nSPS) is 14.0.